The van der Waals surface area contributed by atoms with E-state index in [1.807, 2.05) is 0 Å². The number of aromatic nitrogens is 3. The Kier molecular flexibility index (Phi) is 4.37. The zero-order valence-electron chi connectivity index (χ0n) is 19.1. The number of pyridine rings is 1. The highest BCUT2D eigenvalue weighted by molar-refractivity contribution is 6.30. The molecule has 3 aliphatic heterocycles. The fourth-order valence-electron chi connectivity index (χ4n) is 5.35. The minimum atomic E-state index is -2.35. The lowest BCUT2D eigenvalue weighted by atomic mass is 9.95. The van der Waals surface area contributed by atoms with E-state index >= 15 is 0 Å². The van der Waals surface area contributed by atoms with Gasteiger partial charge in [0, 0.05) is 31.6 Å². The Morgan fingerprint density at radius 2 is 2.22 bits per heavy atom. The van der Waals surface area contributed by atoms with Crippen molar-refractivity contribution < 1.29 is 25.4 Å². The molecule has 32 heavy (non-hydrogen) atoms. The van der Waals surface area contributed by atoms with E-state index in [0.29, 0.717) is 32.5 Å². The van der Waals surface area contributed by atoms with E-state index in [9.17, 15) is 13.2 Å². The molecule has 2 aromatic heterocycles. The summed E-state index contributed by atoms with van der Waals surface area (Å²) in [7, 11) is 0. The normalized spacial score (nSPS) is 35.8. The van der Waals surface area contributed by atoms with E-state index in [0.717, 1.165) is 0 Å². The van der Waals surface area contributed by atoms with Crippen LogP contribution in [0.3, 0.4) is 0 Å². The number of hydrogen-bond acceptors (Lipinski definition) is 7. The van der Waals surface area contributed by atoms with Gasteiger partial charge in [-0.3, -0.25) is 4.90 Å². The topological polar surface area (TPSA) is 63.6 Å². The largest absolute Gasteiger partial charge is 0.461 e. The van der Waals surface area contributed by atoms with Gasteiger partial charge in [-0.1, -0.05) is 11.6 Å². The van der Waals surface area contributed by atoms with Crippen molar-refractivity contribution in [1.82, 2.24) is 19.9 Å². The van der Waals surface area contributed by atoms with E-state index in [1.165, 1.54) is 6.20 Å². The molecule has 0 unspecified atom stereocenters. The van der Waals surface area contributed by atoms with Gasteiger partial charge in [0.25, 0.3) is 0 Å². The summed E-state index contributed by atoms with van der Waals surface area (Å²) in [5, 5.41) is -0.200. The lowest BCUT2D eigenvalue weighted by Gasteiger charge is -2.31. The van der Waals surface area contributed by atoms with Crippen LogP contribution in [-0.2, 0) is 4.74 Å². The Bertz CT molecular complexity index is 1150. The Hall–Kier alpha value is -1.91. The van der Waals surface area contributed by atoms with E-state index in [2.05, 4.69) is 15.0 Å². The smallest absolute Gasteiger partial charge is 0.319 e. The first-order chi connectivity index (χ1) is 16.2. The molecule has 0 radical (unpaired) electrons. The SMILES string of the molecule is [2H]C([2H])(Oc1nc(N2CCOC[C@@H]3[C@@H](F)[C@@H]32)c2cnc(Cl)c(F)c2n1)[C@@]12CCCN1C[C@H](F)C2. The number of rotatable bonds is 4. The van der Waals surface area contributed by atoms with Gasteiger partial charge in [0.05, 0.1) is 32.9 Å². The summed E-state index contributed by atoms with van der Waals surface area (Å²) >= 11 is 5.89. The number of hydrogen-bond donors (Lipinski definition) is 0. The van der Waals surface area contributed by atoms with Gasteiger partial charge in [-0.15, -0.1) is 0 Å². The first-order valence-corrected chi connectivity index (χ1v) is 11.2. The molecule has 0 N–H and O–H groups in total. The van der Waals surface area contributed by atoms with Crippen LogP contribution >= 0.6 is 11.6 Å². The molecule has 11 heteroatoms. The highest BCUT2D eigenvalue weighted by Gasteiger charge is 2.56. The van der Waals surface area contributed by atoms with Gasteiger partial charge in [0.1, 0.15) is 30.2 Å². The standard InChI is InChI=1S/C21H23ClF3N5O2/c22-18-15(25)16-12(7-26-18)19(30-4-5-31-9-13-14(24)17(13)30)28-20(27-16)32-10-21-2-1-3-29(21)8-11(23)6-21/h7,11,13-14,17H,1-6,8-10H2/t11-,13-,14-,17-,21+/m1/s1/i10D2. The van der Waals surface area contributed by atoms with Crippen molar-refractivity contribution in [1.29, 1.82) is 0 Å². The van der Waals surface area contributed by atoms with Crippen LogP contribution in [-0.4, -0.2) is 83.2 Å². The third-order valence-electron chi connectivity index (χ3n) is 6.99. The number of fused-ring (bicyclic) bond motifs is 3. The van der Waals surface area contributed by atoms with E-state index in [4.69, 9.17) is 23.8 Å². The molecule has 7 nitrogen and oxygen atoms in total. The van der Waals surface area contributed by atoms with Crippen LogP contribution in [0.25, 0.3) is 10.9 Å². The molecule has 1 aliphatic carbocycles. The average Bonchev–Trinajstić information content (AvgIpc) is 3.14. The third kappa shape index (κ3) is 3.21. The first kappa shape index (κ1) is 18.5. The number of ether oxygens (including phenoxy) is 2. The van der Waals surface area contributed by atoms with Crippen LogP contribution < -0.4 is 9.64 Å². The second-order valence-corrected chi connectivity index (χ2v) is 9.27. The van der Waals surface area contributed by atoms with Gasteiger partial charge in [-0.25, -0.2) is 18.2 Å². The summed E-state index contributed by atoms with van der Waals surface area (Å²) in [5.74, 6) is -1.07. The first-order valence-electron chi connectivity index (χ1n) is 11.8. The molecule has 5 atom stereocenters. The molecular formula is C21H23ClF3N5O2. The van der Waals surface area contributed by atoms with Crippen molar-refractivity contribution in [2.24, 2.45) is 5.92 Å². The predicted octanol–water partition coefficient (Wildman–Crippen LogP) is 2.95. The van der Waals surface area contributed by atoms with Crippen molar-refractivity contribution in [3.8, 4) is 6.01 Å². The Morgan fingerprint density at radius 3 is 3.09 bits per heavy atom. The van der Waals surface area contributed by atoms with Crippen LogP contribution in [0.4, 0.5) is 19.0 Å². The zero-order chi connectivity index (χ0) is 23.8. The van der Waals surface area contributed by atoms with Crippen LogP contribution in [0.1, 0.15) is 22.0 Å². The van der Waals surface area contributed by atoms with Crippen LogP contribution in [0.15, 0.2) is 6.20 Å². The summed E-state index contributed by atoms with van der Waals surface area (Å²) in [6.45, 7) is -0.754. The van der Waals surface area contributed by atoms with Crippen molar-refractivity contribution in [3.05, 3.63) is 17.2 Å². The molecule has 3 saturated heterocycles. The Morgan fingerprint density at radius 1 is 1.34 bits per heavy atom. The number of alkyl halides is 2. The maximum absolute atomic E-state index is 15.0. The minimum absolute atomic E-state index is 0.0126. The van der Waals surface area contributed by atoms with Gasteiger partial charge in [-0.2, -0.15) is 9.97 Å². The van der Waals surface area contributed by atoms with E-state index in [1.54, 1.807) is 9.80 Å². The predicted molar refractivity (Wildman–Crippen MR) is 111 cm³/mol. The van der Waals surface area contributed by atoms with Crippen molar-refractivity contribution >= 4 is 28.3 Å². The van der Waals surface area contributed by atoms with Gasteiger partial charge < -0.3 is 14.4 Å². The maximum Gasteiger partial charge on any atom is 0.319 e. The molecule has 0 bridgehead atoms. The monoisotopic (exact) mass is 471 g/mol. The van der Waals surface area contributed by atoms with Crippen molar-refractivity contribution in [3.63, 3.8) is 0 Å². The fraction of sp³-hybridized carbons (Fsp3) is 0.667. The molecule has 5 heterocycles. The summed E-state index contributed by atoms with van der Waals surface area (Å²) < 4.78 is 72.4. The molecule has 1 saturated carbocycles. The molecule has 2 aromatic rings. The maximum atomic E-state index is 15.0. The fourth-order valence-corrected chi connectivity index (χ4v) is 5.49. The quantitative estimate of drug-likeness (QED) is 0.635. The second kappa shape index (κ2) is 7.56. The van der Waals surface area contributed by atoms with Crippen LogP contribution in [0.5, 0.6) is 6.01 Å². The molecule has 6 rings (SSSR count). The van der Waals surface area contributed by atoms with Crippen LogP contribution in [0.2, 0.25) is 5.15 Å². The van der Waals surface area contributed by atoms with Crippen molar-refractivity contribution in [2.75, 3.05) is 44.3 Å². The van der Waals surface area contributed by atoms with Gasteiger partial charge in [0.15, 0.2) is 11.0 Å². The van der Waals surface area contributed by atoms with Gasteiger partial charge in [-0.05, 0) is 19.4 Å². The van der Waals surface area contributed by atoms with Gasteiger partial charge in [0.2, 0.25) is 0 Å². The molecule has 4 aliphatic rings. The summed E-state index contributed by atoms with van der Waals surface area (Å²) in [5.41, 5.74) is -1.37. The lowest BCUT2D eigenvalue weighted by Crippen LogP contribution is -2.43. The highest BCUT2D eigenvalue weighted by atomic mass is 35.5. The Balaban J connectivity index is 1.44. The third-order valence-corrected chi connectivity index (χ3v) is 7.25. The number of anilines is 1. The lowest BCUT2D eigenvalue weighted by molar-refractivity contribution is 0.107. The van der Waals surface area contributed by atoms with Gasteiger partial charge >= 0.3 is 6.01 Å². The number of nitrogens with zero attached hydrogens (tertiary/aromatic N) is 5. The zero-order valence-corrected chi connectivity index (χ0v) is 17.9. The summed E-state index contributed by atoms with van der Waals surface area (Å²) in [6, 6.07) is -0.926. The molecule has 172 valence electrons. The minimum Gasteiger partial charge on any atom is -0.461 e. The average molecular weight is 472 g/mol. The second-order valence-electron chi connectivity index (χ2n) is 8.91. The molecular weight excluding hydrogens is 447 g/mol. The summed E-state index contributed by atoms with van der Waals surface area (Å²) in [4.78, 5) is 15.8. The molecule has 0 amide bonds. The van der Waals surface area contributed by atoms with Crippen LogP contribution in [0, 0.1) is 11.7 Å². The Labute approximate surface area is 190 Å². The van der Waals surface area contributed by atoms with E-state index in [-0.39, 0.29) is 42.2 Å². The summed E-state index contributed by atoms with van der Waals surface area (Å²) in [6.07, 6.45) is 0.136. The molecule has 4 fully saturated rings. The highest BCUT2D eigenvalue weighted by Crippen LogP contribution is 2.45. The molecule has 0 aromatic carbocycles. The van der Waals surface area contributed by atoms with E-state index < -0.39 is 47.5 Å². The van der Waals surface area contributed by atoms with Crippen molar-refractivity contribution in [2.45, 2.75) is 43.2 Å². The number of halogens is 4. The molecule has 0 spiro atoms.